The van der Waals surface area contributed by atoms with E-state index in [9.17, 15) is 0 Å². The van der Waals surface area contributed by atoms with E-state index in [4.69, 9.17) is 5.73 Å². The minimum atomic E-state index is 0. The molecular formula is C3H11NOTi. The summed E-state index contributed by atoms with van der Waals surface area (Å²) in [5.41, 5.74) is 5.03. The molecule has 38 valence electrons. The predicted octanol–water partition coefficient (Wildman–Crippen LogP) is -0.472. The van der Waals surface area contributed by atoms with Crippen molar-refractivity contribution in [1.29, 1.82) is 0 Å². The predicted molar refractivity (Wildman–Crippen MR) is 23.0 cm³/mol. The van der Waals surface area contributed by atoms with E-state index in [2.05, 4.69) is 6.92 Å². The first kappa shape index (κ1) is 15.9. The second-order valence-electron chi connectivity index (χ2n) is 0.789. The fourth-order valence-electron chi connectivity index (χ4n) is 0. The molecule has 0 aromatic carbocycles. The Kier molecular flexibility index (Phi) is 46.3. The van der Waals surface area contributed by atoms with Gasteiger partial charge in [0.1, 0.15) is 0 Å². The molecular weight excluding hydrogens is 114 g/mol. The number of nitrogens with two attached hydrogens (primary N) is 1. The third-order valence-electron chi connectivity index (χ3n) is 0.289. The monoisotopic (exact) mass is 125 g/mol. The fourth-order valence-corrected chi connectivity index (χ4v) is 0. The van der Waals surface area contributed by atoms with Crippen LogP contribution in [0.5, 0.6) is 0 Å². The third-order valence-corrected chi connectivity index (χ3v) is 0.289. The van der Waals surface area contributed by atoms with E-state index in [-0.39, 0.29) is 27.2 Å². The molecule has 0 spiro atoms. The summed E-state index contributed by atoms with van der Waals surface area (Å²) in [6.45, 7) is 2.88. The van der Waals surface area contributed by atoms with E-state index in [0.29, 0.717) is 0 Å². The molecule has 2 nitrogen and oxygen atoms in total. The molecule has 0 aromatic rings. The summed E-state index contributed by atoms with van der Waals surface area (Å²) < 4.78 is 0. The first-order valence-electron chi connectivity index (χ1n) is 1.62. The zero-order valence-electron chi connectivity index (χ0n) is 3.99. The molecule has 0 aliphatic carbocycles. The SMILES string of the molecule is CCCN.O.[Ti]. The Hall–Kier alpha value is 0.634. The van der Waals surface area contributed by atoms with Crippen LogP contribution in [0, 0.1) is 0 Å². The normalized spacial score (nSPS) is 5.00. The summed E-state index contributed by atoms with van der Waals surface area (Å²) in [5, 5.41) is 0. The number of hydrogen-bond acceptors (Lipinski definition) is 1. The molecule has 0 radical (unpaired) electrons. The number of hydrogen-bond donors (Lipinski definition) is 1. The van der Waals surface area contributed by atoms with E-state index < -0.39 is 0 Å². The molecule has 6 heavy (non-hydrogen) atoms. The van der Waals surface area contributed by atoms with Crippen LogP contribution in [0.4, 0.5) is 0 Å². The molecule has 0 bridgehead atoms. The molecule has 0 rings (SSSR count). The van der Waals surface area contributed by atoms with Gasteiger partial charge in [0.25, 0.3) is 0 Å². The molecule has 0 atom stereocenters. The summed E-state index contributed by atoms with van der Waals surface area (Å²) in [6, 6.07) is 0. The van der Waals surface area contributed by atoms with Crippen molar-refractivity contribution in [2.45, 2.75) is 13.3 Å². The zero-order valence-corrected chi connectivity index (χ0v) is 5.55. The Labute approximate surface area is 53.3 Å². The van der Waals surface area contributed by atoms with Gasteiger partial charge >= 0.3 is 0 Å². The minimum Gasteiger partial charge on any atom is -0.412 e. The van der Waals surface area contributed by atoms with Gasteiger partial charge in [-0.25, -0.2) is 0 Å². The van der Waals surface area contributed by atoms with Gasteiger partial charge in [-0.3, -0.25) is 0 Å². The molecule has 4 N–H and O–H groups in total. The average molecular weight is 125 g/mol. The summed E-state index contributed by atoms with van der Waals surface area (Å²) in [4.78, 5) is 0. The quantitative estimate of drug-likeness (QED) is 0.473. The van der Waals surface area contributed by atoms with Crippen LogP contribution in [0.2, 0.25) is 0 Å². The zero-order chi connectivity index (χ0) is 3.41. The van der Waals surface area contributed by atoms with Gasteiger partial charge in [0.2, 0.25) is 0 Å². The van der Waals surface area contributed by atoms with Crippen molar-refractivity contribution in [1.82, 2.24) is 0 Å². The van der Waals surface area contributed by atoms with Crippen LogP contribution < -0.4 is 5.73 Å². The molecule has 0 saturated heterocycles. The number of rotatable bonds is 1. The minimum absolute atomic E-state index is 0. The third kappa shape index (κ3) is 22.9. The van der Waals surface area contributed by atoms with Crippen molar-refractivity contribution in [2.24, 2.45) is 5.73 Å². The van der Waals surface area contributed by atoms with E-state index in [1.807, 2.05) is 0 Å². The van der Waals surface area contributed by atoms with Crippen molar-refractivity contribution in [3.05, 3.63) is 0 Å². The first-order chi connectivity index (χ1) is 1.91. The summed E-state index contributed by atoms with van der Waals surface area (Å²) in [7, 11) is 0. The molecule has 0 fully saturated rings. The van der Waals surface area contributed by atoms with E-state index in [0.717, 1.165) is 13.0 Å². The van der Waals surface area contributed by atoms with Gasteiger partial charge in [-0.2, -0.15) is 0 Å². The molecule has 0 amide bonds. The summed E-state index contributed by atoms with van der Waals surface area (Å²) >= 11 is 0. The first-order valence-corrected chi connectivity index (χ1v) is 1.62. The summed E-state index contributed by atoms with van der Waals surface area (Å²) in [5.74, 6) is 0. The van der Waals surface area contributed by atoms with Crippen molar-refractivity contribution in [3.63, 3.8) is 0 Å². The largest absolute Gasteiger partial charge is 0.412 e. The van der Waals surface area contributed by atoms with Gasteiger partial charge in [-0.1, -0.05) is 6.92 Å². The van der Waals surface area contributed by atoms with Crippen LogP contribution in [-0.4, -0.2) is 12.0 Å². The maximum atomic E-state index is 5.03. The van der Waals surface area contributed by atoms with E-state index >= 15 is 0 Å². The van der Waals surface area contributed by atoms with Crippen LogP contribution in [0.25, 0.3) is 0 Å². The smallest absolute Gasteiger partial charge is 0 e. The molecule has 0 aromatic heterocycles. The van der Waals surface area contributed by atoms with E-state index in [1.165, 1.54) is 0 Å². The van der Waals surface area contributed by atoms with Crippen molar-refractivity contribution in [3.8, 4) is 0 Å². The Balaban J connectivity index is -0.0000000450. The molecule has 0 unspecified atom stereocenters. The van der Waals surface area contributed by atoms with Gasteiger partial charge in [-0.05, 0) is 13.0 Å². The molecule has 0 aliphatic rings. The van der Waals surface area contributed by atoms with Gasteiger partial charge in [0, 0.05) is 21.7 Å². The maximum Gasteiger partial charge on any atom is 0 e. The molecule has 0 heterocycles. The molecule has 0 saturated carbocycles. The van der Waals surface area contributed by atoms with Gasteiger partial charge in [-0.15, -0.1) is 0 Å². The van der Waals surface area contributed by atoms with E-state index in [1.54, 1.807) is 0 Å². The van der Waals surface area contributed by atoms with Crippen LogP contribution in [-0.2, 0) is 21.7 Å². The standard InChI is InChI=1S/C3H9N.H2O.Ti/c1-2-3-4;;/h2-4H2,1H3;1H2;. The van der Waals surface area contributed by atoms with Gasteiger partial charge < -0.3 is 11.2 Å². The van der Waals surface area contributed by atoms with Gasteiger partial charge in [0.15, 0.2) is 0 Å². The average Bonchev–Trinajstić information content (AvgIpc) is 1.37. The van der Waals surface area contributed by atoms with Crippen molar-refractivity contribution in [2.75, 3.05) is 6.54 Å². The van der Waals surface area contributed by atoms with Crippen LogP contribution in [0.15, 0.2) is 0 Å². The Morgan fingerprint density at radius 1 is 1.50 bits per heavy atom. The Morgan fingerprint density at radius 2 is 1.67 bits per heavy atom. The molecule has 3 heteroatoms. The Bertz CT molecular complexity index is 12.8. The van der Waals surface area contributed by atoms with Crippen LogP contribution in [0.3, 0.4) is 0 Å². The van der Waals surface area contributed by atoms with Crippen molar-refractivity contribution < 1.29 is 27.2 Å². The van der Waals surface area contributed by atoms with Gasteiger partial charge in [0.05, 0.1) is 0 Å². The fraction of sp³-hybridized carbons (Fsp3) is 1.00. The summed E-state index contributed by atoms with van der Waals surface area (Å²) in [6.07, 6.45) is 1.10. The topological polar surface area (TPSA) is 57.5 Å². The van der Waals surface area contributed by atoms with Crippen LogP contribution >= 0.6 is 0 Å². The van der Waals surface area contributed by atoms with Crippen LogP contribution in [0.1, 0.15) is 13.3 Å². The maximum absolute atomic E-state index is 5.03. The van der Waals surface area contributed by atoms with Crippen molar-refractivity contribution >= 4 is 0 Å². The molecule has 0 aliphatic heterocycles. The second kappa shape index (κ2) is 17.4. The second-order valence-corrected chi connectivity index (χ2v) is 0.789. The Morgan fingerprint density at radius 3 is 1.67 bits per heavy atom.